The smallest absolute Gasteiger partial charge is 0.331 e. The summed E-state index contributed by atoms with van der Waals surface area (Å²) >= 11 is 4.33. The number of carbonyl (C=O) groups excluding carboxylic acids is 2. The number of esters is 1. The van der Waals surface area contributed by atoms with Crippen LogP contribution in [0.5, 0.6) is 0 Å². The number of nitrogens with zero attached hydrogens (tertiary/aromatic N) is 1. The third-order valence-electron chi connectivity index (χ3n) is 4.93. The van der Waals surface area contributed by atoms with Gasteiger partial charge in [0.2, 0.25) is 0 Å². The Kier molecular flexibility index (Phi) is 9.18. The summed E-state index contributed by atoms with van der Waals surface area (Å²) in [4.78, 5) is 27.1. The average molecular weight is 465 g/mol. The lowest BCUT2D eigenvalue weighted by Gasteiger charge is -2.34. The lowest BCUT2D eigenvalue weighted by molar-refractivity contribution is -0.161. The van der Waals surface area contributed by atoms with Gasteiger partial charge in [-0.2, -0.15) is 0 Å². The molecule has 0 aromatic heterocycles. The van der Waals surface area contributed by atoms with E-state index in [1.807, 2.05) is 30.3 Å². The van der Waals surface area contributed by atoms with Gasteiger partial charge in [-0.05, 0) is 53.0 Å². The summed E-state index contributed by atoms with van der Waals surface area (Å²) in [6.45, 7) is 13.9. The topological polar surface area (TPSA) is 77.1 Å². The number of urea groups is 1. The Morgan fingerprint density at radius 3 is 2.31 bits per heavy atom. The number of hydrogen-bond donors (Lipinski definition) is 2. The summed E-state index contributed by atoms with van der Waals surface area (Å²) in [5.41, 5.74) is -0.963. The molecule has 8 heteroatoms. The van der Waals surface area contributed by atoms with Crippen molar-refractivity contribution in [2.45, 2.75) is 70.8 Å². The quantitative estimate of drug-likeness (QED) is 0.439. The molecule has 1 aliphatic rings. The van der Waals surface area contributed by atoms with Crippen LogP contribution in [0, 0.1) is 0 Å². The lowest BCUT2D eigenvalue weighted by Crippen LogP contribution is -2.56. The normalized spacial score (nSPS) is 16.2. The van der Waals surface area contributed by atoms with Crippen LogP contribution in [-0.4, -0.2) is 53.9 Å². The van der Waals surface area contributed by atoms with Gasteiger partial charge in [-0.1, -0.05) is 36.9 Å². The maximum atomic E-state index is 13.2. The van der Waals surface area contributed by atoms with Crippen LogP contribution in [0.1, 0.15) is 59.1 Å². The summed E-state index contributed by atoms with van der Waals surface area (Å²) in [5.74, 6) is -0.527. The standard InChI is InChI=1S/C24H36N2O5S/c1-17(32)26(22(28)25-24(5,6)21(27)31-23(2,3)4)16-20(18-10-8-7-9-11-18)30-19-12-14-29-15-13-19/h7-11,19-20,32H,1,12-16H2,2-6H3,(H,25,28)/t20-/m0/s1. The number of ether oxygens (including phenoxy) is 3. The van der Waals surface area contributed by atoms with Crippen LogP contribution in [0.15, 0.2) is 41.9 Å². The molecular weight excluding hydrogens is 428 g/mol. The molecule has 1 aromatic rings. The molecule has 1 aromatic carbocycles. The second-order valence-corrected chi connectivity index (χ2v) is 9.95. The first-order valence-corrected chi connectivity index (χ1v) is 11.3. The summed E-state index contributed by atoms with van der Waals surface area (Å²) in [6, 6.07) is 9.22. The second kappa shape index (κ2) is 11.2. The number of thiol groups is 1. The second-order valence-electron chi connectivity index (χ2n) is 9.43. The van der Waals surface area contributed by atoms with Crippen molar-refractivity contribution >= 4 is 24.6 Å². The van der Waals surface area contributed by atoms with Gasteiger partial charge >= 0.3 is 12.0 Å². The number of carbonyl (C=O) groups is 2. The van der Waals surface area contributed by atoms with Gasteiger partial charge in [0.25, 0.3) is 0 Å². The lowest BCUT2D eigenvalue weighted by atomic mass is 10.1. The van der Waals surface area contributed by atoms with Crippen LogP contribution in [-0.2, 0) is 19.0 Å². The zero-order valence-electron chi connectivity index (χ0n) is 19.7. The van der Waals surface area contributed by atoms with Gasteiger partial charge in [-0.3, -0.25) is 4.90 Å². The van der Waals surface area contributed by atoms with Gasteiger partial charge in [0.05, 0.1) is 17.7 Å². The maximum Gasteiger partial charge on any atom is 0.331 e. The molecule has 0 radical (unpaired) electrons. The van der Waals surface area contributed by atoms with Gasteiger partial charge < -0.3 is 19.5 Å². The Bertz CT molecular complexity index is 785. The number of rotatable bonds is 8. The third kappa shape index (κ3) is 8.15. The molecule has 2 rings (SSSR count). The molecule has 2 amide bonds. The number of nitrogens with one attached hydrogen (secondary N) is 1. The van der Waals surface area contributed by atoms with E-state index in [1.165, 1.54) is 4.90 Å². The fourth-order valence-electron chi connectivity index (χ4n) is 3.20. The molecule has 1 atom stereocenters. The fourth-order valence-corrected chi connectivity index (χ4v) is 3.37. The van der Waals surface area contributed by atoms with Crippen LogP contribution in [0.4, 0.5) is 4.79 Å². The zero-order valence-corrected chi connectivity index (χ0v) is 20.6. The Morgan fingerprint density at radius 2 is 1.78 bits per heavy atom. The van der Waals surface area contributed by atoms with Crippen molar-refractivity contribution in [3.8, 4) is 0 Å². The minimum atomic E-state index is -1.24. The van der Waals surface area contributed by atoms with Gasteiger partial charge in [-0.25, -0.2) is 9.59 Å². The molecule has 0 unspecified atom stereocenters. The molecule has 0 aliphatic carbocycles. The highest BCUT2D eigenvalue weighted by Crippen LogP contribution is 2.26. The SMILES string of the molecule is C=C(S)N(C[C@H](OC1CCOCC1)c1ccccc1)C(=O)NC(C)(C)C(=O)OC(C)(C)C. The van der Waals surface area contributed by atoms with Crippen molar-refractivity contribution in [1.29, 1.82) is 0 Å². The maximum absolute atomic E-state index is 13.2. The molecular formula is C24H36N2O5S. The van der Waals surface area contributed by atoms with E-state index in [0.29, 0.717) is 13.2 Å². The number of amides is 2. The Hall–Kier alpha value is -2.03. The fraction of sp³-hybridized carbons (Fsp3) is 0.583. The van der Waals surface area contributed by atoms with Gasteiger partial charge in [-0.15, -0.1) is 12.6 Å². The molecule has 1 aliphatic heterocycles. The highest BCUT2D eigenvalue weighted by Gasteiger charge is 2.36. The molecule has 1 fully saturated rings. The number of hydrogen-bond acceptors (Lipinski definition) is 6. The van der Waals surface area contributed by atoms with E-state index >= 15 is 0 Å². The van der Waals surface area contributed by atoms with Crippen molar-refractivity contribution in [3.05, 3.63) is 47.5 Å². The van der Waals surface area contributed by atoms with Crippen LogP contribution in [0.2, 0.25) is 0 Å². The van der Waals surface area contributed by atoms with Crippen LogP contribution in [0.25, 0.3) is 0 Å². The van der Waals surface area contributed by atoms with Gasteiger partial charge in [0.1, 0.15) is 17.2 Å². The summed E-state index contributed by atoms with van der Waals surface area (Å²) in [7, 11) is 0. The Morgan fingerprint density at radius 1 is 1.19 bits per heavy atom. The van der Waals surface area contributed by atoms with E-state index < -0.39 is 29.2 Å². The molecule has 32 heavy (non-hydrogen) atoms. The van der Waals surface area contributed by atoms with E-state index in [1.54, 1.807) is 34.6 Å². The zero-order chi connectivity index (χ0) is 23.9. The van der Waals surface area contributed by atoms with E-state index in [4.69, 9.17) is 14.2 Å². The highest BCUT2D eigenvalue weighted by atomic mass is 32.1. The summed E-state index contributed by atoms with van der Waals surface area (Å²) in [5, 5.41) is 3.00. The van der Waals surface area contributed by atoms with Crippen molar-refractivity contribution in [1.82, 2.24) is 10.2 Å². The van der Waals surface area contributed by atoms with Crippen LogP contribution in [0.3, 0.4) is 0 Å². The minimum Gasteiger partial charge on any atom is -0.458 e. The van der Waals surface area contributed by atoms with Crippen molar-refractivity contribution in [2.75, 3.05) is 19.8 Å². The molecule has 0 bridgehead atoms. The minimum absolute atomic E-state index is 0.0326. The summed E-state index contributed by atoms with van der Waals surface area (Å²) in [6.07, 6.45) is 1.23. The predicted octanol–water partition coefficient (Wildman–Crippen LogP) is 4.46. The van der Waals surface area contributed by atoms with E-state index in [-0.39, 0.29) is 17.7 Å². The van der Waals surface area contributed by atoms with Gasteiger partial charge in [0.15, 0.2) is 0 Å². The van der Waals surface area contributed by atoms with Crippen LogP contribution < -0.4 is 5.32 Å². The van der Waals surface area contributed by atoms with Crippen LogP contribution >= 0.6 is 12.6 Å². The van der Waals surface area contributed by atoms with Gasteiger partial charge in [0, 0.05) is 13.2 Å². The average Bonchev–Trinajstić information content (AvgIpc) is 2.70. The van der Waals surface area contributed by atoms with E-state index in [0.717, 1.165) is 18.4 Å². The Labute approximate surface area is 196 Å². The Balaban J connectivity index is 2.17. The van der Waals surface area contributed by atoms with Crippen molar-refractivity contribution in [3.63, 3.8) is 0 Å². The molecule has 1 saturated heterocycles. The van der Waals surface area contributed by atoms with Crippen molar-refractivity contribution < 1.29 is 23.8 Å². The molecule has 1 N–H and O–H groups in total. The summed E-state index contributed by atoms with van der Waals surface area (Å²) < 4.78 is 17.3. The molecule has 7 nitrogen and oxygen atoms in total. The molecule has 0 saturated carbocycles. The molecule has 0 spiro atoms. The van der Waals surface area contributed by atoms with Crippen molar-refractivity contribution in [2.24, 2.45) is 0 Å². The first kappa shape index (κ1) is 26.2. The monoisotopic (exact) mass is 464 g/mol. The first-order valence-electron chi connectivity index (χ1n) is 10.9. The largest absolute Gasteiger partial charge is 0.458 e. The number of benzene rings is 1. The molecule has 1 heterocycles. The predicted molar refractivity (Wildman–Crippen MR) is 127 cm³/mol. The van der Waals surface area contributed by atoms with E-state index in [2.05, 4.69) is 24.5 Å². The third-order valence-corrected chi connectivity index (χ3v) is 5.17. The highest BCUT2D eigenvalue weighted by molar-refractivity contribution is 7.84. The molecule has 178 valence electrons. The van der Waals surface area contributed by atoms with E-state index in [9.17, 15) is 9.59 Å². The first-order chi connectivity index (χ1) is 14.9.